The highest BCUT2D eigenvalue weighted by Crippen LogP contribution is 2.30. The second kappa shape index (κ2) is 3.66. The zero-order valence-electron chi connectivity index (χ0n) is 8.97. The maximum absolute atomic E-state index is 9.77. The van der Waals surface area contributed by atoms with Gasteiger partial charge in [0.05, 0.1) is 5.71 Å². The van der Waals surface area contributed by atoms with Crippen LogP contribution in [-0.2, 0) is 4.84 Å². The second-order valence-corrected chi connectivity index (χ2v) is 4.31. The number of benzene rings is 1. The Labute approximate surface area is 89.4 Å². The standard InChI is InChI=1S/C12H15NO2/c1-12(2,14)11-8-10(15-13-11)9-6-4-3-5-7-9/h3-7,10,14H,8H2,1-2H3/t10-/m1/s1. The Kier molecular flexibility index (Phi) is 2.49. The molecule has 1 aliphatic heterocycles. The molecule has 0 aromatic heterocycles. The number of rotatable bonds is 2. The summed E-state index contributed by atoms with van der Waals surface area (Å²) in [6, 6.07) is 9.93. The van der Waals surface area contributed by atoms with Gasteiger partial charge < -0.3 is 9.94 Å². The third kappa shape index (κ3) is 2.18. The number of hydrogen-bond donors (Lipinski definition) is 1. The van der Waals surface area contributed by atoms with Crippen molar-refractivity contribution in [2.24, 2.45) is 5.16 Å². The van der Waals surface area contributed by atoms with E-state index < -0.39 is 5.60 Å². The molecule has 15 heavy (non-hydrogen) atoms. The average Bonchev–Trinajstić information content (AvgIpc) is 2.67. The summed E-state index contributed by atoms with van der Waals surface area (Å²) >= 11 is 0. The lowest BCUT2D eigenvalue weighted by Crippen LogP contribution is -2.30. The van der Waals surface area contributed by atoms with Gasteiger partial charge in [0.15, 0.2) is 6.10 Å². The lowest BCUT2D eigenvalue weighted by atomic mass is 9.95. The van der Waals surface area contributed by atoms with E-state index in [9.17, 15) is 5.11 Å². The summed E-state index contributed by atoms with van der Waals surface area (Å²) in [6.07, 6.45) is 0.612. The molecule has 0 saturated heterocycles. The van der Waals surface area contributed by atoms with Crippen LogP contribution >= 0.6 is 0 Å². The minimum atomic E-state index is -0.885. The van der Waals surface area contributed by atoms with E-state index in [0.29, 0.717) is 12.1 Å². The van der Waals surface area contributed by atoms with E-state index >= 15 is 0 Å². The van der Waals surface area contributed by atoms with Gasteiger partial charge in [-0.3, -0.25) is 0 Å². The van der Waals surface area contributed by atoms with Crippen LogP contribution in [-0.4, -0.2) is 16.4 Å². The van der Waals surface area contributed by atoms with Crippen molar-refractivity contribution in [2.75, 3.05) is 0 Å². The first-order valence-electron chi connectivity index (χ1n) is 5.08. The SMILES string of the molecule is CC(C)(O)C1=NO[C@@H](c2ccccc2)C1. The van der Waals surface area contributed by atoms with Crippen LogP contribution in [0.25, 0.3) is 0 Å². The van der Waals surface area contributed by atoms with Gasteiger partial charge in [0.2, 0.25) is 0 Å². The topological polar surface area (TPSA) is 41.8 Å². The van der Waals surface area contributed by atoms with Crippen molar-refractivity contribution in [1.29, 1.82) is 0 Å². The monoisotopic (exact) mass is 205 g/mol. The molecule has 0 radical (unpaired) electrons. The molecule has 0 unspecified atom stereocenters. The molecule has 0 amide bonds. The summed E-state index contributed by atoms with van der Waals surface area (Å²) in [6.45, 7) is 3.45. The number of hydrogen-bond acceptors (Lipinski definition) is 3. The van der Waals surface area contributed by atoms with E-state index in [-0.39, 0.29) is 6.10 Å². The Morgan fingerprint density at radius 2 is 2.00 bits per heavy atom. The molecular weight excluding hydrogens is 190 g/mol. The zero-order valence-corrected chi connectivity index (χ0v) is 8.97. The first kappa shape index (κ1) is 10.2. The van der Waals surface area contributed by atoms with Gasteiger partial charge >= 0.3 is 0 Å². The van der Waals surface area contributed by atoms with Crippen LogP contribution in [0, 0.1) is 0 Å². The largest absolute Gasteiger partial charge is 0.387 e. The van der Waals surface area contributed by atoms with E-state index in [1.807, 2.05) is 30.3 Å². The van der Waals surface area contributed by atoms with Crippen LogP contribution in [0.3, 0.4) is 0 Å². The highest BCUT2D eigenvalue weighted by molar-refractivity contribution is 5.92. The Balaban J connectivity index is 2.09. The molecule has 3 heteroatoms. The summed E-state index contributed by atoms with van der Waals surface area (Å²) in [4.78, 5) is 5.31. The number of oxime groups is 1. The van der Waals surface area contributed by atoms with Crippen LogP contribution in [0.4, 0.5) is 0 Å². The van der Waals surface area contributed by atoms with Gasteiger partial charge in [-0.2, -0.15) is 0 Å². The number of nitrogens with zero attached hydrogens (tertiary/aromatic N) is 1. The van der Waals surface area contributed by atoms with Crippen molar-refractivity contribution in [3.05, 3.63) is 35.9 Å². The molecule has 0 saturated carbocycles. The minimum absolute atomic E-state index is 0.0485. The van der Waals surface area contributed by atoms with Crippen molar-refractivity contribution in [3.63, 3.8) is 0 Å². The highest BCUT2D eigenvalue weighted by Gasteiger charge is 2.31. The van der Waals surface area contributed by atoms with Gasteiger partial charge in [-0.05, 0) is 19.4 Å². The van der Waals surface area contributed by atoms with Crippen LogP contribution in [0.2, 0.25) is 0 Å². The fourth-order valence-electron chi connectivity index (χ4n) is 1.59. The van der Waals surface area contributed by atoms with Gasteiger partial charge in [-0.1, -0.05) is 35.5 Å². The first-order valence-corrected chi connectivity index (χ1v) is 5.08. The zero-order chi connectivity index (χ0) is 10.9. The van der Waals surface area contributed by atoms with Crippen LogP contribution < -0.4 is 0 Å². The van der Waals surface area contributed by atoms with Crippen molar-refractivity contribution < 1.29 is 9.94 Å². The third-order valence-corrected chi connectivity index (χ3v) is 2.55. The summed E-state index contributed by atoms with van der Waals surface area (Å²) in [5.74, 6) is 0. The Bertz CT molecular complexity index is 365. The predicted molar refractivity (Wildman–Crippen MR) is 58.6 cm³/mol. The van der Waals surface area contributed by atoms with Gasteiger partial charge in [0, 0.05) is 6.42 Å². The van der Waals surface area contributed by atoms with E-state index in [2.05, 4.69) is 5.16 Å². The second-order valence-electron chi connectivity index (χ2n) is 4.31. The minimum Gasteiger partial charge on any atom is -0.387 e. The summed E-state index contributed by atoms with van der Waals surface area (Å²) < 4.78 is 0. The van der Waals surface area contributed by atoms with E-state index in [4.69, 9.17) is 4.84 Å². The Morgan fingerprint density at radius 3 is 2.53 bits per heavy atom. The van der Waals surface area contributed by atoms with Gasteiger partial charge in [-0.25, -0.2) is 0 Å². The molecule has 0 fully saturated rings. The quantitative estimate of drug-likeness (QED) is 0.804. The summed E-state index contributed by atoms with van der Waals surface area (Å²) in [7, 11) is 0. The van der Waals surface area contributed by atoms with Gasteiger partial charge in [0.25, 0.3) is 0 Å². The fourth-order valence-corrected chi connectivity index (χ4v) is 1.59. The van der Waals surface area contributed by atoms with Crippen molar-refractivity contribution in [2.45, 2.75) is 32.0 Å². The molecule has 1 aromatic rings. The number of aliphatic hydroxyl groups is 1. The lowest BCUT2D eigenvalue weighted by molar-refractivity contribution is 0.0852. The van der Waals surface area contributed by atoms with Crippen molar-refractivity contribution in [1.82, 2.24) is 0 Å². The molecule has 1 aromatic carbocycles. The maximum atomic E-state index is 9.77. The summed E-state index contributed by atoms with van der Waals surface area (Å²) in [5, 5.41) is 13.7. The molecule has 1 aliphatic rings. The molecular formula is C12H15NO2. The van der Waals surface area contributed by atoms with E-state index in [0.717, 1.165) is 5.56 Å². The highest BCUT2D eigenvalue weighted by atomic mass is 16.6. The molecule has 3 nitrogen and oxygen atoms in total. The summed E-state index contributed by atoms with van der Waals surface area (Å²) in [5.41, 5.74) is 0.917. The van der Waals surface area contributed by atoms with Gasteiger partial charge in [-0.15, -0.1) is 0 Å². The maximum Gasteiger partial charge on any atom is 0.158 e. The fraction of sp³-hybridized carbons (Fsp3) is 0.417. The lowest BCUT2D eigenvalue weighted by Gasteiger charge is -2.15. The van der Waals surface area contributed by atoms with Crippen LogP contribution in [0.1, 0.15) is 31.9 Å². The third-order valence-electron chi connectivity index (χ3n) is 2.55. The Morgan fingerprint density at radius 1 is 1.33 bits per heavy atom. The molecule has 0 aliphatic carbocycles. The molecule has 80 valence electrons. The predicted octanol–water partition coefficient (Wildman–Crippen LogP) is 2.27. The van der Waals surface area contributed by atoms with Gasteiger partial charge in [0.1, 0.15) is 5.60 Å². The molecule has 2 rings (SSSR count). The van der Waals surface area contributed by atoms with Crippen LogP contribution in [0.5, 0.6) is 0 Å². The van der Waals surface area contributed by atoms with E-state index in [1.165, 1.54) is 0 Å². The molecule has 0 spiro atoms. The molecule has 0 bridgehead atoms. The normalized spacial score (nSPS) is 21.0. The van der Waals surface area contributed by atoms with E-state index in [1.54, 1.807) is 13.8 Å². The van der Waals surface area contributed by atoms with Crippen molar-refractivity contribution in [3.8, 4) is 0 Å². The first-order chi connectivity index (χ1) is 7.07. The Hall–Kier alpha value is -1.35. The smallest absolute Gasteiger partial charge is 0.158 e. The van der Waals surface area contributed by atoms with Crippen molar-refractivity contribution >= 4 is 5.71 Å². The molecule has 1 N–H and O–H groups in total. The molecule has 1 atom stereocenters. The average molecular weight is 205 g/mol. The van der Waals surface area contributed by atoms with Crippen LogP contribution in [0.15, 0.2) is 35.5 Å². The molecule has 1 heterocycles.